The highest BCUT2D eigenvalue weighted by molar-refractivity contribution is 5.86. The topological polar surface area (TPSA) is 18.8 Å². The number of aliphatic imine (C=N–C) groups is 1. The molecule has 90 valence electrons. The molecule has 2 rings (SSSR count). The van der Waals surface area contributed by atoms with Crippen LogP contribution < -0.4 is 0 Å². The van der Waals surface area contributed by atoms with Crippen LogP contribution in [0, 0.1) is 0 Å². The van der Waals surface area contributed by atoms with Crippen molar-refractivity contribution in [1.82, 2.24) is 10.0 Å². The van der Waals surface area contributed by atoms with Gasteiger partial charge in [-0.3, -0.25) is 5.01 Å². The first-order valence-electron chi connectivity index (χ1n) is 5.88. The zero-order chi connectivity index (χ0) is 12.4. The highest BCUT2D eigenvalue weighted by atomic mass is 15.6. The summed E-state index contributed by atoms with van der Waals surface area (Å²) in [4.78, 5) is 4.69. The molecule has 1 aromatic rings. The maximum Gasteiger partial charge on any atom is 0.116 e. The van der Waals surface area contributed by atoms with E-state index in [-0.39, 0.29) is 0 Å². The monoisotopic (exact) mass is 229 g/mol. The van der Waals surface area contributed by atoms with E-state index in [4.69, 9.17) is 4.99 Å². The molecule has 3 heteroatoms. The van der Waals surface area contributed by atoms with Gasteiger partial charge in [-0.2, -0.15) is 0 Å². The number of hydrazine groups is 1. The number of nitrogens with zero attached hydrogens (tertiary/aromatic N) is 3. The van der Waals surface area contributed by atoms with Crippen molar-refractivity contribution in [2.45, 2.75) is 19.9 Å². The first kappa shape index (κ1) is 11.9. The van der Waals surface area contributed by atoms with E-state index in [0.29, 0.717) is 6.04 Å². The van der Waals surface area contributed by atoms with E-state index >= 15 is 0 Å². The molecule has 3 nitrogen and oxygen atoms in total. The minimum Gasteiger partial charge on any atom is -0.296 e. The van der Waals surface area contributed by atoms with Crippen molar-refractivity contribution >= 4 is 11.5 Å². The van der Waals surface area contributed by atoms with E-state index in [2.05, 4.69) is 42.2 Å². The number of likely N-dealkylation sites (N-methyl/N-ethyl adjacent to an activating group) is 1. The van der Waals surface area contributed by atoms with Crippen LogP contribution in [0.25, 0.3) is 5.70 Å². The predicted octanol–water partition coefficient (Wildman–Crippen LogP) is 2.63. The molecule has 1 heterocycles. The second-order valence-corrected chi connectivity index (χ2v) is 4.41. The molecule has 1 aromatic carbocycles. The summed E-state index contributed by atoms with van der Waals surface area (Å²) >= 11 is 0. The first-order chi connectivity index (χ1) is 8.09. The van der Waals surface area contributed by atoms with E-state index in [1.54, 1.807) is 0 Å². The Morgan fingerprint density at radius 2 is 1.76 bits per heavy atom. The Bertz CT molecular complexity index is 448. The summed E-state index contributed by atoms with van der Waals surface area (Å²) < 4.78 is 0. The van der Waals surface area contributed by atoms with Crippen molar-refractivity contribution < 1.29 is 0 Å². The third kappa shape index (κ3) is 2.39. The highest BCUT2D eigenvalue weighted by Crippen LogP contribution is 2.21. The highest BCUT2D eigenvalue weighted by Gasteiger charge is 2.18. The molecular formula is C14H19N3. The van der Waals surface area contributed by atoms with Crippen LogP contribution in [0.2, 0.25) is 0 Å². The summed E-state index contributed by atoms with van der Waals surface area (Å²) in [7, 11) is 4.12. The van der Waals surface area contributed by atoms with Gasteiger partial charge < -0.3 is 0 Å². The number of hydrogen-bond acceptors (Lipinski definition) is 3. The standard InChI is InChI=1S/C14H19N3/c1-11-10-14(13-8-6-5-7-9-13)15-12(2)17(4)16(11)3/h5-11H,1-4H3. The third-order valence-corrected chi connectivity index (χ3v) is 3.28. The van der Waals surface area contributed by atoms with Gasteiger partial charge in [0.15, 0.2) is 0 Å². The lowest BCUT2D eigenvalue weighted by Gasteiger charge is -2.31. The van der Waals surface area contributed by atoms with Gasteiger partial charge in [0.25, 0.3) is 0 Å². The van der Waals surface area contributed by atoms with Crippen molar-refractivity contribution in [3.63, 3.8) is 0 Å². The van der Waals surface area contributed by atoms with E-state index in [9.17, 15) is 0 Å². The SMILES string of the molecule is CC1=NC(c2ccccc2)=CC(C)N(C)N1C. The average Bonchev–Trinajstić information content (AvgIpc) is 2.44. The van der Waals surface area contributed by atoms with Gasteiger partial charge in [0.2, 0.25) is 0 Å². The largest absolute Gasteiger partial charge is 0.296 e. The Kier molecular flexibility index (Phi) is 3.29. The van der Waals surface area contributed by atoms with E-state index in [0.717, 1.165) is 11.5 Å². The van der Waals surface area contributed by atoms with E-state index in [1.807, 2.05) is 32.2 Å². The Hall–Kier alpha value is -1.61. The van der Waals surface area contributed by atoms with Crippen LogP contribution in [0.5, 0.6) is 0 Å². The first-order valence-corrected chi connectivity index (χ1v) is 5.88. The van der Waals surface area contributed by atoms with Gasteiger partial charge in [-0.05, 0) is 25.5 Å². The summed E-state index contributed by atoms with van der Waals surface area (Å²) in [5.74, 6) is 1.01. The lowest BCUT2D eigenvalue weighted by Crippen LogP contribution is -2.43. The Morgan fingerprint density at radius 3 is 2.41 bits per heavy atom. The molecule has 1 aliphatic rings. The van der Waals surface area contributed by atoms with Crippen molar-refractivity contribution in [1.29, 1.82) is 0 Å². The maximum absolute atomic E-state index is 4.69. The summed E-state index contributed by atoms with van der Waals surface area (Å²) in [6.45, 7) is 4.21. The quantitative estimate of drug-likeness (QED) is 0.737. The molecule has 0 fully saturated rings. The number of amidine groups is 1. The molecule has 1 unspecified atom stereocenters. The van der Waals surface area contributed by atoms with Crippen LogP contribution in [0.1, 0.15) is 19.4 Å². The molecule has 0 N–H and O–H groups in total. The average molecular weight is 229 g/mol. The van der Waals surface area contributed by atoms with Crippen LogP contribution >= 0.6 is 0 Å². The van der Waals surface area contributed by atoms with Gasteiger partial charge in [-0.25, -0.2) is 10.0 Å². The van der Waals surface area contributed by atoms with E-state index < -0.39 is 0 Å². The predicted molar refractivity (Wildman–Crippen MR) is 72.5 cm³/mol. The normalized spacial score (nSPS) is 21.9. The molecule has 17 heavy (non-hydrogen) atoms. The summed E-state index contributed by atoms with van der Waals surface area (Å²) in [5.41, 5.74) is 2.22. The third-order valence-electron chi connectivity index (χ3n) is 3.28. The summed E-state index contributed by atoms with van der Waals surface area (Å²) in [6, 6.07) is 10.6. The molecule has 0 radical (unpaired) electrons. The van der Waals surface area contributed by atoms with Crippen molar-refractivity contribution in [2.24, 2.45) is 4.99 Å². The van der Waals surface area contributed by atoms with Crippen LogP contribution in [-0.2, 0) is 0 Å². The molecule has 0 bridgehead atoms. The van der Waals surface area contributed by atoms with Gasteiger partial charge in [-0.15, -0.1) is 0 Å². The fourth-order valence-electron chi connectivity index (χ4n) is 1.89. The zero-order valence-electron chi connectivity index (χ0n) is 10.9. The second kappa shape index (κ2) is 4.72. The molecule has 0 amide bonds. The number of hydrogen-bond donors (Lipinski definition) is 0. The Morgan fingerprint density at radius 1 is 1.12 bits per heavy atom. The van der Waals surface area contributed by atoms with Gasteiger partial charge in [0.05, 0.1) is 5.70 Å². The van der Waals surface area contributed by atoms with Crippen LogP contribution in [0.4, 0.5) is 0 Å². The van der Waals surface area contributed by atoms with E-state index in [1.165, 1.54) is 5.56 Å². The van der Waals surface area contributed by atoms with Crippen LogP contribution in [-0.4, -0.2) is 36.0 Å². The number of benzene rings is 1. The smallest absolute Gasteiger partial charge is 0.116 e. The fraction of sp³-hybridized carbons (Fsp3) is 0.357. The van der Waals surface area contributed by atoms with Crippen molar-refractivity contribution in [3.05, 3.63) is 42.0 Å². The van der Waals surface area contributed by atoms with Gasteiger partial charge >= 0.3 is 0 Å². The van der Waals surface area contributed by atoms with Crippen molar-refractivity contribution in [2.75, 3.05) is 14.1 Å². The minimum absolute atomic E-state index is 0.330. The van der Waals surface area contributed by atoms with Crippen LogP contribution in [0.3, 0.4) is 0 Å². The minimum atomic E-state index is 0.330. The molecule has 0 aliphatic carbocycles. The van der Waals surface area contributed by atoms with Crippen LogP contribution in [0.15, 0.2) is 41.4 Å². The fourth-order valence-corrected chi connectivity index (χ4v) is 1.89. The molecule has 0 saturated heterocycles. The molecular weight excluding hydrogens is 210 g/mol. The second-order valence-electron chi connectivity index (χ2n) is 4.41. The van der Waals surface area contributed by atoms with Gasteiger partial charge in [0.1, 0.15) is 5.84 Å². The number of rotatable bonds is 1. The van der Waals surface area contributed by atoms with Gasteiger partial charge in [0, 0.05) is 20.1 Å². The molecule has 1 atom stereocenters. The maximum atomic E-state index is 4.69. The zero-order valence-corrected chi connectivity index (χ0v) is 10.9. The van der Waals surface area contributed by atoms with Crippen molar-refractivity contribution in [3.8, 4) is 0 Å². The lowest BCUT2D eigenvalue weighted by molar-refractivity contribution is 0.0823. The molecule has 0 saturated carbocycles. The molecule has 1 aliphatic heterocycles. The summed E-state index contributed by atoms with van der Waals surface area (Å²) in [5, 5.41) is 4.26. The molecule has 0 aromatic heterocycles. The Balaban J connectivity index is 2.43. The van der Waals surface area contributed by atoms with Gasteiger partial charge in [-0.1, -0.05) is 30.3 Å². The Labute approximate surface area is 103 Å². The summed E-state index contributed by atoms with van der Waals surface area (Å²) in [6.07, 6.45) is 2.20. The molecule has 0 spiro atoms. The lowest BCUT2D eigenvalue weighted by atomic mass is 10.1.